The number of aliphatic hydroxyl groups excluding tert-OH is 6. The van der Waals surface area contributed by atoms with Crippen molar-refractivity contribution in [1.29, 1.82) is 0 Å². The average molecular weight is 1830 g/mol. The number of benzene rings is 8. The molecule has 20 N–H and O–H groups in total. The molecule has 131 heavy (non-hydrogen) atoms. The number of carbonyl (C=O) groups excluding carboxylic acids is 8. The van der Waals surface area contributed by atoms with E-state index in [2.05, 4.69) is 37.2 Å². The quantitative estimate of drug-likeness (QED) is 0.0393. The van der Waals surface area contributed by atoms with Crippen LogP contribution < -0.4 is 62.9 Å². The largest absolute Gasteiger partial charge is 0.508 e. The summed E-state index contributed by atoms with van der Waals surface area (Å²) in [5.74, 6) is -14.5. The highest BCUT2D eigenvalue weighted by molar-refractivity contribution is 6.32. The van der Waals surface area contributed by atoms with E-state index in [1.807, 2.05) is 74.5 Å². The fourth-order valence-corrected chi connectivity index (χ4v) is 17.4. The number of nitrogens with one attached hydrogen (secondary N) is 7. The van der Waals surface area contributed by atoms with Gasteiger partial charge in [0.15, 0.2) is 36.2 Å². The van der Waals surface area contributed by atoms with Crippen molar-refractivity contribution in [2.24, 2.45) is 17.4 Å². The molecule has 11 bridgehead atoms. The Morgan fingerprint density at radius 2 is 1.24 bits per heavy atom. The number of hydrogen-bond acceptors (Lipinski definition) is 29. The molecule has 37 heteroatoms. The SMILES string of the molecule is CC(C)CC(C(=O)NC1C(=O)NC(CC(N)=O)C(=O)NC2C(=O)NC3C(=O)NC(C(=O)NC(C(=O)OCc4ccccc4)c4cc(O)cc(O)c4-c4cc3ccc4O)C(O[C@H]3C[C@](C)(N)[C@@H](O)[C@H](C)O3)c3ccc(cc3)Oc3cc2cc(c3O[C@@H]2O[C@H](CO)[C@@H](O)[C@H](O)[C@H]2O[C@H]2C[C@](C)(NCc3ccccc3)[C@@H](O)[C@H](C)O2)Oc2ccc(cc2Cl)C1O)N(C)Cc1ccccc1. The van der Waals surface area contributed by atoms with E-state index >= 15 is 33.6 Å². The summed E-state index contributed by atoms with van der Waals surface area (Å²) in [6.07, 6.45) is -22.3. The Hall–Kier alpha value is -12.0. The summed E-state index contributed by atoms with van der Waals surface area (Å²) in [7, 11) is 1.69. The van der Waals surface area contributed by atoms with Crippen molar-refractivity contribution in [3.05, 3.63) is 225 Å². The van der Waals surface area contributed by atoms with Crippen LogP contribution in [0.2, 0.25) is 5.02 Å². The molecule has 22 atom stereocenters. The molecule has 0 saturated carbocycles. The lowest BCUT2D eigenvalue weighted by atomic mass is 9.84. The first kappa shape index (κ1) is 95.1. The van der Waals surface area contributed by atoms with Crippen molar-refractivity contribution in [2.45, 2.75) is 220 Å². The molecular formula is C94H107ClN10O26. The minimum absolute atomic E-state index is 0.0118. The van der Waals surface area contributed by atoms with Gasteiger partial charge in [0, 0.05) is 59.8 Å². The van der Waals surface area contributed by atoms with E-state index in [1.54, 1.807) is 56.1 Å². The third-order valence-electron chi connectivity index (χ3n) is 24.2. The first-order valence-electron chi connectivity index (χ1n) is 42.8. The molecule has 8 heterocycles. The van der Waals surface area contributed by atoms with Crippen LogP contribution in [-0.2, 0) is 86.5 Å². The maximum absolute atomic E-state index is 16.8. The van der Waals surface area contributed by atoms with E-state index in [0.29, 0.717) is 5.56 Å². The monoisotopic (exact) mass is 1830 g/mol. The van der Waals surface area contributed by atoms with E-state index in [9.17, 15) is 50.8 Å². The van der Waals surface area contributed by atoms with E-state index < -0.39 is 257 Å². The van der Waals surface area contributed by atoms with Crippen molar-refractivity contribution < 1.29 is 127 Å². The Morgan fingerprint density at radius 1 is 0.626 bits per heavy atom. The van der Waals surface area contributed by atoms with Gasteiger partial charge in [0.25, 0.3) is 0 Å². The number of nitrogens with two attached hydrogens (primary N) is 2. The van der Waals surface area contributed by atoms with Gasteiger partial charge >= 0.3 is 5.97 Å². The standard InChI is InChI=1S/C94H107ClN10O26/c1-45(2)31-61(105(7)42-49-19-13-9-14-20-49)86(117)103-75-77(111)53-26-30-64(59(95)33-53)127-66-35-54-34-65(81(66)131-92-82(79(113)78(112)67(43-106)128-92)130-70-40-94(6,84(115)47(4)125-70)98-41-48-17-11-8-12-18-48)126-56-27-23-51(24-28-56)80(129-69-39-93(5,97)83(114)46(3)124-69)76-90(121)102-74(91(122)123-44-50-21-15-10-16-22-50)58-36-55(107)37-63(109)71(58)57-32-52(25-29-62(57)108)72(87(118)104-76)101-88(119)73(54)100-85(116)60(38-68(96)110)99-89(75)120/h8-30,32-37,45-47,60-61,67,69-70,72-80,82-84,92,98,106-109,111-115H,31,38-44,97H2,1-7H3,(H2,96,110)(H,99,120)(H,100,116)(H,101,119)(H,102,121)(H,103,117)(H,104,118)/t46-,47-,60?,61?,67+,69-,70-,72?,73?,74?,75?,76?,77?,78+,79-,80?,82+,83-,84-,92-,93-,94-/m0/s1. The van der Waals surface area contributed by atoms with Crippen LogP contribution >= 0.6 is 11.6 Å². The van der Waals surface area contributed by atoms with Gasteiger partial charge in [0.1, 0.15) is 96.1 Å². The molecule has 8 aromatic rings. The van der Waals surface area contributed by atoms with Crippen LogP contribution in [0.15, 0.2) is 176 Å². The molecule has 9 unspecified atom stereocenters. The minimum Gasteiger partial charge on any atom is -0.508 e. The normalized spacial score (nSPS) is 28.9. The van der Waals surface area contributed by atoms with Crippen LogP contribution in [-0.4, -0.2) is 215 Å². The molecule has 7 amide bonds. The lowest BCUT2D eigenvalue weighted by Gasteiger charge is -2.48. The Labute approximate surface area is 758 Å². The number of phenols is 3. The van der Waals surface area contributed by atoms with Crippen molar-refractivity contribution in [3.63, 3.8) is 0 Å². The van der Waals surface area contributed by atoms with Gasteiger partial charge in [-0.1, -0.05) is 141 Å². The molecule has 3 saturated heterocycles. The zero-order valence-electron chi connectivity index (χ0n) is 72.5. The Bertz CT molecular complexity index is 5500. The summed E-state index contributed by atoms with van der Waals surface area (Å²) in [5.41, 5.74) is 10.0. The number of phenolic OH excluding ortho intramolecular Hbond substituents is 3. The van der Waals surface area contributed by atoms with Gasteiger partial charge < -0.3 is 137 Å². The number of likely N-dealkylation sites (N-methyl/N-ethyl adjacent to an activating group) is 1. The number of rotatable bonds is 22. The maximum atomic E-state index is 16.8. The second-order valence-corrected chi connectivity index (χ2v) is 35.1. The lowest BCUT2D eigenvalue weighted by molar-refractivity contribution is -0.334. The topological polar surface area (TPSA) is 541 Å². The van der Waals surface area contributed by atoms with Crippen LogP contribution in [0.1, 0.15) is 142 Å². The average Bonchev–Trinajstić information content (AvgIpc) is 0.762. The van der Waals surface area contributed by atoms with E-state index in [-0.39, 0.29) is 71.5 Å². The molecule has 36 nitrogen and oxygen atoms in total. The molecule has 0 radical (unpaired) electrons. The van der Waals surface area contributed by atoms with Crippen LogP contribution in [0.25, 0.3) is 11.1 Å². The van der Waals surface area contributed by atoms with Gasteiger partial charge in [-0.25, -0.2) is 4.79 Å². The zero-order chi connectivity index (χ0) is 93.8. The highest BCUT2D eigenvalue weighted by Gasteiger charge is 2.53. The van der Waals surface area contributed by atoms with Gasteiger partial charge in [-0.15, -0.1) is 0 Å². The first-order chi connectivity index (χ1) is 62.4. The molecule has 0 spiro atoms. The van der Waals surface area contributed by atoms with Gasteiger partial charge in [0.05, 0.1) is 48.5 Å². The number of carbonyl (C=O) groups is 8. The fraction of sp³-hybridized carbons (Fsp3) is 0.404. The van der Waals surface area contributed by atoms with Crippen molar-refractivity contribution >= 4 is 58.9 Å². The number of halogens is 1. The number of aromatic hydroxyl groups is 3. The van der Waals surface area contributed by atoms with Crippen LogP contribution in [0.3, 0.4) is 0 Å². The van der Waals surface area contributed by atoms with Gasteiger partial charge in [-0.05, 0) is 141 Å². The molecule has 16 rings (SSSR count). The van der Waals surface area contributed by atoms with Crippen molar-refractivity contribution in [3.8, 4) is 57.1 Å². The number of primary amides is 1. The fourth-order valence-electron chi connectivity index (χ4n) is 17.1. The molecule has 0 aliphatic carbocycles. The molecule has 696 valence electrons. The predicted octanol–water partition coefficient (Wildman–Crippen LogP) is 5.09. The molecular weight excluding hydrogens is 1720 g/mol. The molecule has 0 aromatic heterocycles. The number of esters is 1. The van der Waals surface area contributed by atoms with Crippen LogP contribution in [0, 0.1) is 5.92 Å². The second-order valence-electron chi connectivity index (χ2n) is 34.7. The number of ether oxygens (including phenoxy) is 9. The van der Waals surface area contributed by atoms with Gasteiger partial charge in [-0.2, -0.15) is 0 Å². The highest BCUT2D eigenvalue weighted by atomic mass is 35.5. The van der Waals surface area contributed by atoms with Crippen LogP contribution in [0.5, 0.6) is 46.0 Å². The van der Waals surface area contributed by atoms with E-state index in [4.69, 9.17) is 65.7 Å². The number of aliphatic hydroxyl groups is 6. The summed E-state index contributed by atoms with van der Waals surface area (Å²) >= 11 is 7.33. The zero-order valence-corrected chi connectivity index (χ0v) is 73.2. The summed E-state index contributed by atoms with van der Waals surface area (Å²) in [6.45, 7) is 9.19. The summed E-state index contributed by atoms with van der Waals surface area (Å²) in [6, 6.07) is 29.2. The predicted molar refractivity (Wildman–Crippen MR) is 467 cm³/mol. The lowest BCUT2D eigenvalue weighted by Crippen LogP contribution is -2.65. The smallest absolute Gasteiger partial charge is 0.333 e. The minimum atomic E-state index is -2.36. The number of fused-ring (bicyclic) bond motifs is 15. The first-order valence-corrected chi connectivity index (χ1v) is 43.2. The molecule has 8 aromatic carbocycles. The van der Waals surface area contributed by atoms with Crippen LogP contribution in [0.4, 0.5) is 0 Å². The summed E-state index contributed by atoms with van der Waals surface area (Å²) in [5, 5.41) is 126. The summed E-state index contributed by atoms with van der Waals surface area (Å²) in [4.78, 5) is 127. The number of nitrogens with zero attached hydrogens (tertiary/aromatic N) is 1. The third-order valence-corrected chi connectivity index (χ3v) is 24.5. The van der Waals surface area contributed by atoms with Gasteiger partial charge in [-0.3, -0.25) is 38.5 Å². The summed E-state index contributed by atoms with van der Waals surface area (Å²) < 4.78 is 59.3. The highest BCUT2D eigenvalue weighted by Crippen LogP contribution is 2.50. The third kappa shape index (κ3) is 21.6. The molecule has 8 aliphatic rings. The number of amides is 7. The number of hydrogen-bond donors (Lipinski definition) is 18. The Morgan fingerprint density at radius 3 is 1.89 bits per heavy atom. The Balaban J connectivity index is 0.977. The van der Waals surface area contributed by atoms with Crippen molar-refractivity contribution in [2.75, 3.05) is 13.7 Å². The van der Waals surface area contributed by atoms with Gasteiger partial charge in [0.2, 0.25) is 53.4 Å². The maximum Gasteiger partial charge on any atom is 0.333 e. The van der Waals surface area contributed by atoms with E-state index in [0.717, 1.165) is 53.6 Å². The molecule has 8 aliphatic heterocycles. The van der Waals surface area contributed by atoms with Crippen molar-refractivity contribution in [1.82, 2.24) is 42.1 Å². The Kier molecular flexibility index (Phi) is 29.4. The van der Waals surface area contributed by atoms with E-state index in [1.165, 1.54) is 56.3 Å². The molecule has 3 fully saturated rings. The second kappa shape index (κ2) is 40.4.